The minimum absolute atomic E-state index is 0.346. The number of hydrogen-bond donors (Lipinski definition) is 0. The van der Waals surface area contributed by atoms with Crippen molar-refractivity contribution >= 4 is 11.6 Å². The van der Waals surface area contributed by atoms with E-state index in [9.17, 15) is 4.79 Å². The second kappa shape index (κ2) is 7.03. The van der Waals surface area contributed by atoms with Gasteiger partial charge < -0.3 is 4.57 Å². The summed E-state index contributed by atoms with van der Waals surface area (Å²) in [7, 11) is 0. The predicted octanol–water partition coefficient (Wildman–Crippen LogP) is 3.42. The molecule has 0 fully saturated rings. The Morgan fingerprint density at radius 2 is 1.79 bits per heavy atom. The number of nitrogens with zero attached hydrogens (tertiary/aromatic N) is 6. The van der Waals surface area contributed by atoms with Crippen molar-refractivity contribution < 1.29 is 0 Å². The van der Waals surface area contributed by atoms with Crippen LogP contribution < -0.4 is 5.69 Å². The number of hydrogen-bond acceptors (Lipinski definition) is 4. The lowest BCUT2D eigenvalue weighted by Gasteiger charge is -2.12. The number of imidazole rings is 1. The Bertz CT molecular complexity index is 1300. The maximum Gasteiger partial charge on any atom is 0.354 e. The van der Waals surface area contributed by atoms with Gasteiger partial charge >= 0.3 is 5.69 Å². The number of rotatable bonds is 4. The molecule has 5 rings (SSSR count). The van der Waals surface area contributed by atoms with E-state index in [1.165, 1.54) is 0 Å². The summed E-state index contributed by atoms with van der Waals surface area (Å²) >= 11 is 5.87. The summed E-state index contributed by atoms with van der Waals surface area (Å²) < 4.78 is 5.22. The molecule has 2 aliphatic rings. The van der Waals surface area contributed by atoms with Crippen molar-refractivity contribution in [2.24, 2.45) is 0 Å². The molecule has 0 spiro atoms. The largest absolute Gasteiger partial charge is 0.354 e. The zero-order valence-corrected chi connectivity index (χ0v) is 15.9. The van der Waals surface area contributed by atoms with Crippen LogP contribution in [0, 0.1) is 0 Å². The van der Waals surface area contributed by atoms with Gasteiger partial charge in [-0.15, -0.1) is 0 Å². The van der Waals surface area contributed by atoms with Crippen LogP contribution in [0.3, 0.4) is 0 Å². The summed E-state index contributed by atoms with van der Waals surface area (Å²) in [5, 5.41) is 4.83. The first kappa shape index (κ1) is 17.4. The molecule has 0 N–H and O–H groups in total. The van der Waals surface area contributed by atoms with E-state index < -0.39 is 0 Å². The molecular formula is C21H15ClN6O. The van der Waals surface area contributed by atoms with Gasteiger partial charge in [-0.1, -0.05) is 35.9 Å². The van der Waals surface area contributed by atoms with E-state index in [-0.39, 0.29) is 5.69 Å². The van der Waals surface area contributed by atoms with Crippen LogP contribution in [-0.2, 0) is 6.54 Å². The molecule has 1 aromatic carbocycles. The second-order valence-corrected chi connectivity index (χ2v) is 6.93. The van der Waals surface area contributed by atoms with E-state index >= 15 is 0 Å². The van der Waals surface area contributed by atoms with Gasteiger partial charge in [0.1, 0.15) is 5.15 Å². The summed E-state index contributed by atoms with van der Waals surface area (Å²) in [6.07, 6.45) is 7.09. The van der Waals surface area contributed by atoms with Crippen LogP contribution in [0.5, 0.6) is 0 Å². The Morgan fingerprint density at radius 3 is 2.59 bits per heavy atom. The van der Waals surface area contributed by atoms with Crippen molar-refractivity contribution in [2.45, 2.75) is 6.54 Å². The predicted molar refractivity (Wildman–Crippen MR) is 110 cm³/mol. The molecule has 7 nitrogen and oxygen atoms in total. The van der Waals surface area contributed by atoms with Gasteiger partial charge in [-0.2, -0.15) is 10.1 Å². The monoisotopic (exact) mass is 402 g/mol. The third-order valence-electron chi connectivity index (χ3n) is 4.64. The molecule has 0 bridgehead atoms. The highest BCUT2D eigenvalue weighted by Gasteiger charge is 2.19. The lowest BCUT2D eigenvalue weighted by atomic mass is 10.2. The molecule has 0 atom stereocenters. The van der Waals surface area contributed by atoms with E-state index in [0.29, 0.717) is 28.9 Å². The van der Waals surface area contributed by atoms with Crippen LogP contribution >= 0.6 is 11.6 Å². The first-order valence-electron chi connectivity index (χ1n) is 8.98. The van der Waals surface area contributed by atoms with Crippen LogP contribution in [0.4, 0.5) is 0 Å². The molecule has 0 saturated carbocycles. The molecule has 0 unspecified atom stereocenters. The van der Waals surface area contributed by atoms with Gasteiger partial charge in [0, 0.05) is 12.4 Å². The van der Waals surface area contributed by atoms with Crippen molar-refractivity contribution in [1.82, 2.24) is 28.9 Å². The first-order chi connectivity index (χ1) is 14.2. The average Bonchev–Trinajstić information content (AvgIpc) is 3.35. The molecule has 0 amide bonds. The molecule has 142 valence electrons. The number of benzene rings is 1. The summed E-state index contributed by atoms with van der Waals surface area (Å²) in [6.45, 7) is 0.529. The molecule has 3 aromatic rings. The Morgan fingerprint density at radius 1 is 0.931 bits per heavy atom. The molecule has 4 heterocycles. The zero-order chi connectivity index (χ0) is 19.8. The van der Waals surface area contributed by atoms with Crippen molar-refractivity contribution in [2.75, 3.05) is 0 Å². The maximum atomic E-state index is 12.7. The van der Waals surface area contributed by atoms with Crippen molar-refractivity contribution in [3.05, 3.63) is 101 Å². The molecule has 0 saturated heterocycles. The molecule has 8 heteroatoms. The minimum atomic E-state index is -0.346. The van der Waals surface area contributed by atoms with Crippen LogP contribution in [0.1, 0.15) is 5.56 Å². The number of aromatic nitrogens is 6. The number of halogens is 1. The molecule has 2 aromatic heterocycles. The quantitative estimate of drug-likeness (QED) is 0.432. The van der Waals surface area contributed by atoms with Gasteiger partial charge in [-0.05, 0) is 35.9 Å². The van der Waals surface area contributed by atoms with Crippen LogP contribution in [0.2, 0.25) is 5.15 Å². The van der Waals surface area contributed by atoms with Gasteiger partial charge in [-0.3, -0.25) is 4.57 Å². The SMILES string of the molecule is O=c1nc2n(Cc3ccc(Cl)nc3)cccc-2n1-c1cnn(-c2ccccc2)c1. The lowest BCUT2D eigenvalue weighted by molar-refractivity contribution is 0.779. The van der Waals surface area contributed by atoms with Gasteiger partial charge in [0.25, 0.3) is 0 Å². The third-order valence-corrected chi connectivity index (χ3v) is 4.87. The number of fused-ring (bicyclic) bond motifs is 1. The van der Waals surface area contributed by atoms with E-state index in [1.54, 1.807) is 27.7 Å². The maximum absolute atomic E-state index is 12.7. The highest BCUT2D eigenvalue weighted by Crippen LogP contribution is 2.23. The molecule has 29 heavy (non-hydrogen) atoms. The standard InChI is InChI=1S/C21H15ClN6O/c22-19-9-8-15(11-23-19)13-26-10-4-7-18-20(26)25-21(29)28(18)17-12-24-27(14-17)16-5-2-1-3-6-16/h1-12,14H,13H2. The van der Waals surface area contributed by atoms with Crippen LogP contribution in [0.25, 0.3) is 22.9 Å². The molecule has 2 aliphatic heterocycles. The van der Waals surface area contributed by atoms with Crippen LogP contribution in [-0.4, -0.2) is 28.9 Å². The van der Waals surface area contributed by atoms with Gasteiger partial charge in [0.2, 0.25) is 0 Å². The molecule has 0 radical (unpaired) electrons. The summed E-state index contributed by atoms with van der Waals surface area (Å²) in [4.78, 5) is 21.1. The summed E-state index contributed by atoms with van der Waals surface area (Å²) in [5.41, 5.74) is 2.91. The van der Waals surface area contributed by atoms with Crippen molar-refractivity contribution in [1.29, 1.82) is 0 Å². The highest BCUT2D eigenvalue weighted by atomic mass is 35.5. The fourth-order valence-electron chi connectivity index (χ4n) is 3.29. The Labute approximate surface area is 170 Å². The Kier molecular flexibility index (Phi) is 4.22. The second-order valence-electron chi connectivity index (χ2n) is 6.54. The number of pyridine rings is 2. The van der Waals surface area contributed by atoms with E-state index in [1.807, 2.05) is 65.5 Å². The molecular weight excluding hydrogens is 388 g/mol. The lowest BCUT2D eigenvalue weighted by Crippen LogP contribution is -2.13. The highest BCUT2D eigenvalue weighted by molar-refractivity contribution is 6.29. The normalized spacial score (nSPS) is 11.2. The third kappa shape index (κ3) is 3.21. The topological polar surface area (TPSA) is 70.5 Å². The zero-order valence-electron chi connectivity index (χ0n) is 15.2. The Balaban J connectivity index is 1.53. The van der Waals surface area contributed by atoms with E-state index in [2.05, 4.69) is 15.1 Å². The summed E-state index contributed by atoms with van der Waals surface area (Å²) in [6, 6.07) is 17.2. The first-order valence-corrected chi connectivity index (χ1v) is 9.36. The number of para-hydroxylation sites is 1. The average molecular weight is 403 g/mol. The Hall–Kier alpha value is -3.71. The van der Waals surface area contributed by atoms with E-state index in [4.69, 9.17) is 11.6 Å². The van der Waals surface area contributed by atoms with Crippen molar-refractivity contribution in [3.8, 4) is 22.9 Å². The molecule has 0 aliphatic carbocycles. The van der Waals surface area contributed by atoms with Crippen LogP contribution in [0.15, 0.2) is 84.2 Å². The summed E-state index contributed by atoms with van der Waals surface area (Å²) in [5.74, 6) is 0.597. The van der Waals surface area contributed by atoms with Gasteiger partial charge in [0.15, 0.2) is 5.82 Å². The smallest absolute Gasteiger partial charge is 0.327 e. The minimum Gasteiger partial charge on any atom is -0.327 e. The van der Waals surface area contributed by atoms with Gasteiger partial charge in [-0.25, -0.2) is 14.5 Å². The van der Waals surface area contributed by atoms with Gasteiger partial charge in [0.05, 0.1) is 36.0 Å². The van der Waals surface area contributed by atoms with Crippen molar-refractivity contribution in [3.63, 3.8) is 0 Å². The van der Waals surface area contributed by atoms with E-state index in [0.717, 1.165) is 11.3 Å². The fourth-order valence-corrected chi connectivity index (χ4v) is 3.41. The fraction of sp³-hybridized carbons (Fsp3) is 0.0476.